The van der Waals surface area contributed by atoms with Gasteiger partial charge in [0, 0.05) is 6.04 Å². The zero-order valence-electron chi connectivity index (χ0n) is 9.86. The Morgan fingerprint density at radius 1 is 1.56 bits per heavy atom. The van der Waals surface area contributed by atoms with E-state index in [1.165, 1.54) is 11.3 Å². The van der Waals surface area contributed by atoms with Crippen LogP contribution in [0.15, 0.2) is 20.4 Å². The minimum Gasteiger partial charge on any atom is -0.367 e. The Bertz CT molecular complexity index is 577. The molecule has 2 rings (SSSR count). The summed E-state index contributed by atoms with van der Waals surface area (Å²) in [4.78, 5) is 12.9. The number of hydrogen-bond donors (Lipinski definition) is 2. The maximum atomic E-state index is 12.0. The van der Waals surface area contributed by atoms with Crippen LogP contribution in [0.25, 0.3) is 10.6 Å². The van der Waals surface area contributed by atoms with Gasteiger partial charge in [-0.2, -0.15) is 0 Å². The lowest BCUT2D eigenvalue weighted by atomic mass is 10.2. The largest absolute Gasteiger partial charge is 0.367 e. The highest BCUT2D eigenvalue weighted by atomic mass is 79.9. The number of nitrogens with zero attached hydrogens (tertiary/aromatic N) is 1. The molecule has 0 aliphatic rings. The van der Waals surface area contributed by atoms with Crippen molar-refractivity contribution >= 4 is 39.1 Å². The van der Waals surface area contributed by atoms with Crippen LogP contribution in [-0.2, 0) is 0 Å². The third-order valence-corrected chi connectivity index (χ3v) is 3.80. The van der Waals surface area contributed by atoms with Crippen molar-refractivity contribution in [3.05, 3.63) is 21.5 Å². The molecule has 0 saturated carbocycles. The number of nitrogens with two attached hydrogens (primary N) is 1. The van der Waals surface area contributed by atoms with Crippen LogP contribution in [0.5, 0.6) is 0 Å². The summed E-state index contributed by atoms with van der Waals surface area (Å²) < 4.78 is 5.87. The summed E-state index contributed by atoms with van der Waals surface area (Å²) in [5.74, 6) is -0.240. The van der Waals surface area contributed by atoms with E-state index in [1.54, 1.807) is 0 Å². The molecule has 96 valence electrons. The minimum atomic E-state index is -0.275. The maximum Gasteiger partial charge on any atom is 0.259 e. The average molecular weight is 330 g/mol. The summed E-state index contributed by atoms with van der Waals surface area (Å²) in [6.45, 7) is 3.76. The van der Waals surface area contributed by atoms with Gasteiger partial charge in [-0.05, 0) is 41.9 Å². The van der Waals surface area contributed by atoms with Gasteiger partial charge in [0.1, 0.15) is 11.3 Å². The molecule has 0 aliphatic carbocycles. The molecule has 2 aromatic heterocycles. The number of nitrogen functional groups attached to an aromatic ring is 1. The fourth-order valence-electron chi connectivity index (χ4n) is 1.47. The van der Waals surface area contributed by atoms with Gasteiger partial charge in [-0.15, -0.1) is 11.3 Å². The molecule has 5 nitrogen and oxygen atoms in total. The third kappa shape index (κ3) is 2.56. The molecule has 0 radical (unpaired) electrons. The number of hydrogen-bond acceptors (Lipinski definition) is 5. The molecule has 0 atom stereocenters. The predicted octanol–water partition coefficient (Wildman–Crippen LogP) is 2.89. The number of halogens is 1. The lowest BCUT2D eigenvalue weighted by Gasteiger charge is -2.07. The first kappa shape index (κ1) is 13.1. The van der Waals surface area contributed by atoms with Gasteiger partial charge in [0.05, 0.1) is 8.66 Å². The van der Waals surface area contributed by atoms with Crippen LogP contribution in [0.1, 0.15) is 24.2 Å². The number of thiophene rings is 1. The van der Waals surface area contributed by atoms with Gasteiger partial charge in [0.15, 0.2) is 0 Å². The number of nitrogens with one attached hydrogen (secondary N) is 1. The monoisotopic (exact) mass is 329 g/mol. The lowest BCUT2D eigenvalue weighted by Crippen LogP contribution is -2.30. The fraction of sp³-hybridized carbons (Fsp3) is 0.273. The Labute approximate surface area is 116 Å². The molecule has 2 aromatic rings. The third-order valence-electron chi connectivity index (χ3n) is 2.17. The second-order valence-corrected chi connectivity index (χ2v) is 6.47. The standard InChI is InChI=1S/C11H12BrN3O2S/c1-5(2)14-11(16)8-9(15-17-10(8)13)6-3-4-7(12)18-6/h3-5H,13H2,1-2H3,(H,14,16). The van der Waals surface area contributed by atoms with E-state index in [-0.39, 0.29) is 23.4 Å². The van der Waals surface area contributed by atoms with Crippen molar-refractivity contribution in [3.63, 3.8) is 0 Å². The van der Waals surface area contributed by atoms with Crippen molar-refractivity contribution in [1.82, 2.24) is 10.5 Å². The molecule has 0 fully saturated rings. The van der Waals surface area contributed by atoms with Crippen molar-refractivity contribution < 1.29 is 9.32 Å². The first-order chi connectivity index (χ1) is 8.49. The summed E-state index contributed by atoms with van der Waals surface area (Å²) in [5.41, 5.74) is 6.43. The van der Waals surface area contributed by atoms with Crippen LogP contribution in [0.3, 0.4) is 0 Å². The Morgan fingerprint density at radius 3 is 2.83 bits per heavy atom. The van der Waals surface area contributed by atoms with Gasteiger partial charge in [0.25, 0.3) is 5.91 Å². The molecule has 3 N–H and O–H groups in total. The van der Waals surface area contributed by atoms with Gasteiger partial charge in [-0.1, -0.05) is 5.16 Å². The van der Waals surface area contributed by atoms with Crippen molar-refractivity contribution in [2.24, 2.45) is 0 Å². The molecule has 2 heterocycles. The Morgan fingerprint density at radius 2 is 2.28 bits per heavy atom. The molecule has 18 heavy (non-hydrogen) atoms. The predicted molar refractivity (Wildman–Crippen MR) is 74.5 cm³/mol. The fourth-order valence-corrected chi connectivity index (χ4v) is 2.84. The van der Waals surface area contributed by atoms with Crippen LogP contribution in [0.4, 0.5) is 5.88 Å². The molecule has 0 aliphatic heterocycles. The van der Waals surface area contributed by atoms with Gasteiger partial charge < -0.3 is 15.6 Å². The highest BCUT2D eigenvalue weighted by Gasteiger charge is 2.23. The number of rotatable bonds is 3. The molecular formula is C11H12BrN3O2S. The van der Waals surface area contributed by atoms with E-state index in [1.807, 2.05) is 26.0 Å². The average Bonchev–Trinajstić information content (AvgIpc) is 2.83. The van der Waals surface area contributed by atoms with E-state index in [4.69, 9.17) is 10.3 Å². The van der Waals surface area contributed by atoms with Crippen molar-refractivity contribution in [3.8, 4) is 10.6 Å². The summed E-state index contributed by atoms with van der Waals surface area (Å²) in [5, 5.41) is 6.63. The first-order valence-electron chi connectivity index (χ1n) is 5.30. The molecule has 7 heteroatoms. The van der Waals surface area contributed by atoms with Gasteiger partial charge in [0.2, 0.25) is 5.88 Å². The molecule has 0 bridgehead atoms. The highest BCUT2D eigenvalue weighted by molar-refractivity contribution is 9.11. The Kier molecular flexibility index (Phi) is 3.72. The van der Waals surface area contributed by atoms with Crippen LogP contribution >= 0.6 is 27.3 Å². The summed E-state index contributed by atoms with van der Waals surface area (Å²) in [6.07, 6.45) is 0. The normalized spacial score (nSPS) is 10.9. The number of anilines is 1. The number of carbonyl (C=O) groups excluding carboxylic acids is 1. The SMILES string of the molecule is CC(C)NC(=O)c1c(-c2ccc(Br)s2)noc1N. The number of carbonyl (C=O) groups is 1. The summed E-state index contributed by atoms with van der Waals surface area (Å²) in [7, 11) is 0. The molecule has 0 aromatic carbocycles. The zero-order chi connectivity index (χ0) is 13.3. The van der Waals surface area contributed by atoms with E-state index >= 15 is 0 Å². The Balaban J connectivity index is 2.41. The van der Waals surface area contributed by atoms with Gasteiger partial charge in [-0.3, -0.25) is 4.79 Å². The van der Waals surface area contributed by atoms with Crippen LogP contribution in [0.2, 0.25) is 0 Å². The van der Waals surface area contributed by atoms with E-state index in [0.717, 1.165) is 8.66 Å². The van der Waals surface area contributed by atoms with E-state index in [9.17, 15) is 4.79 Å². The molecular weight excluding hydrogens is 318 g/mol. The number of aromatic nitrogens is 1. The van der Waals surface area contributed by atoms with Crippen LogP contribution in [0, 0.1) is 0 Å². The quantitative estimate of drug-likeness (QED) is 0.907. The van der Waals surface area contributed by atoms with E-state index < -0.39 is 0 Å². The summed E-state index contributed by atoms with van der Waals surface area (Å²) in [6, 6.07) is 3.77. The second-order valence-electron chi connectivity index (χ2n) is 4.00. The smallest absolute Gasteiger partial charge is 0.259 e. The van der Waals surface area contributed by atoms with Crippen molar-refractivity contribution in [2.45, 2.75) is 19.9 Å². The molecule has 0 unspecified atom stereocenters. The zero-order valence-corrected chi connectivity index (χ0v) is 12.3. The van der Waals surface area contributed by atoms with E-state index in [2.05, 4.69) is 26.4 Å². The maximum absolute atomic E-state index is 12.0. The lowest BCUT2D eigenvalue weighted by molar-refractivity contribution is 0.0944. The molecule has 0 saturated heterocycles. The highest BCUT2D eigenvalue weighted by Crippen LogP contribution is 2.34. The minimum absolute atomic E-state index is 0.0229. The van der Waals surface area contributed by atoms with Crippen LogP contribution in [-0.4, -0.2) is 17.1 Å². The van der Waals surface area contributed by atoms with E-state index in [0.29, 0.717) is 5.69 Å². The first-order valence-corrected chi connectivity index (χ1v) is 6.91. The van der Waals surface area contributed by atoms with Crippen LogP contribution < -0.4 is 11.1 Å². The van der Waals surface area contributed by atoms with Gasteiger partial charge in [-0.25, -0.2) is 0 Å². The number of amides is 1. The second kappa shape index (κ2) is 5.11. The molecule has 0 spiro atoms. The topological polar surface area (TPSA) is 81.2 Å². The van der Waals surface area contributed by atoms with Crippen molar-refractivity contribution in [2.75, 3.05) is 5.73 Å². The Hall–Kier alpha value is -1.34. The molecule has 1 amide bonds. The van der Waals surface area contributed by atoms with Gasteiger partial charge >= 0.3 is 0 Å². The van der Waals surface area contributed by atoms with Crippen molar-refractivity contribution in [1.29, 1.82) is 0 Å². The summed E-state index contributed by atoms with van der Waals surface area (Å²) >= 11 is 4.83.